The molecule has 110 valence electrons. The third-order valence-corrected chi connectivity index (χ3v) is 7.00. The fourth-order valence-electron chi connectivity index (χ4n) is 3.10. The van der Waals surface area contributed by atoms with Crippen LogP contribution in [0.15, 0.2) is 0 Å². The average Bonchev–Trinajstić information content (AvgIpc) is 2.77. The van der Waals surface area contributed by atoms with Gasteiger partial charge in [-0.15, -0.1) is 0 Å². The van der Waals surface area contributed by atoms with Crippen LogP contribution < -0.4 is 0 Å². The second-order valence-corrected chi connectivity index (χ2v) is 8.67. The number of aliphatic carboxylic acids is 1. The number of piperidine rings is 1. The third-order valence-electron chi connectivity index (χ3n) is 4.59. The van der Waals surface area contributed by atoms with E-state index in [0.717, 1.165) is 12.8 Å². The molecule has 2 rings (SSSR count). The fourth-order valence-corrected chi connectivity index (χ4v) is 5.31. The van der Waals surface area contributed by atoms with Crippen LogP contribution in [0.3, 0.4) is 0 Å². The molecule has 0 radical (unpaired) electrons. The van der Waals surface area contributed by atoms with E-state index in [2.05, 4.69) is 13.8 Å². The van der Waals surface area contributed by atoms with Crippen LogP contribution in [-0.4, -0.2) is 42.1 Å². The van der Waals surface area contributed by atoms with Gasteiger partial charge in [-0.25, -0.2) is 12.7 Å². The summed E-state index contributed by atoms with van der Waals surface area (Å²) in [6, 6.07) is 0. The number of carboxylic acid groups (broad SMARTS) is 1. The number of carbonyl (C=O) groups is 1. The van der Waals surface area contributed by atoms with Crippen molar-refractivity contribution in [2.24, 2.45) is 11.3 Å². The Morgan fingerprint density at radius 3 is 2.32 bits per heavy atom. The highest BCUT2D eigenvalue weighted by molar-refractivity contribution is 7.89. The lowest BCUT2D eigenvalue weighted by atomic mass is 9.83. The Kier molecular flexibility index (Phi) is 3.93. The van der Waals surface area contributed by atoms with Gasteiger partial charge in [-0.05, 0) is 31.1 Å². The first-order chi connectivity index (χ1) is 8.74. The van der Waals surface area contributed by atoms with Gasteiger partial charge in [-0.1, -0.05) is 20.3 Å². The Balaban J connectivity index is 2.12. The lowest BCUT2D eigenvalue weighted by Gasteiger charge is -2.37. The maximum Gasteiger partial charge on any atom is 0.307 e. The fraction of sp³-hybridized carbons (Fsp3) is 0.923. The second kappa shape index (κ2) is 5.05. The third kappa shape index (κ3) is 2.94. The molecule has 1 aliphatic carbocycles. The number of nitrogens with zero attached hydrogens (tertiary/aromatic N) is 1. The topological polar surface area (TPSA) is 74.7 Å². The first kappa shape index (κ1) is 14.8. The summed E-state index contributed by atoms with van der Waals surface area (Å²) in [5, 5.41) is 8.43. The smallest absolute Gasteiger partial charge is 0.307 e. The Labute approximate surface area is 115 Å². The van der Waals surface area contributed by atoms with E-state index in [9.17, 15) is 13.2 Å². The van der Waals surface area contributed by atoms with E-state index >= 15 is 0 Å². The largest absolute Gasteiger partial charge is 0.481 e. The first-order valence-electron chi connectivity index (χ1n) is 6.96. The van der Waals surface area contributed by atoms with E-state index in [1.165, 1.54) is 4.31 Å². The van der Waals surface area contributed by atoms with Crippen molar-refractivity contribution in [3.63, 3.8) is 0 Å². The number of rotatable bonds is 3. The van der Waals surface area contributed by atoms with Gasteiger partial charge in [0, 0.05) is 13.1 Å². The van der Waals surface area contributed by atoms with Crippen molar-refractivity contribution in [3.05, 3.63) is 0 Å². The van der Waals surface area contributed by atoms with Gasteiger partial charge in [0.1, 0.15) is 0 Å². The van der Waals surface area contributed by atoms with Crippen molar-refractivity contribution in [2.45, 2.75) is 51.2 Å². The molecule has 0 aromatic heterocycles. The Morgan fingerprint density at radius 1 is 1.21 bits per heavy atom. The summed E-state index contributed by atoms with van der Waals surface area (Å²) in [4.78, 5) is 11.2. The van der Waals surface area contributed by atoms with Crippen LogP contribution in [0.25, 0.3) is 0 Å². The average molecular weight is 289 g/mol. The highest BCUT2D eigenvalue weighted by Gasteiger charge is 2.45. The lowest BCUT2D eigenvalue weighted by molar-refractivity contribution is -0.141. The summed E-state index contributed by atoms with van der Waals surface area (Å²) in [5.41, 5.74) is 0.188. The van der Waals surface area contributed by atoms with Gasteiger partial charge in [-0.2, -0.15) is 0 Å². The van der Waals surface area contributed by atoms with Crippen molar-refractivity contribution >= 4 is 16.0 Å². The molecule has 1 saturated heterocycles. The van der Waals surface area contributed by atoms with E-state index in [1.807, 2.05) is 0 Å². The molecule has 0 spiro atoms. The molecule has 1 saturated carbocycles. The minimum absolute atomic E-state index is 0.188. The molecule has 6 heteroatoms. The van der Waals surface area contributed by atoms with Crippen molar-refractivity contribution in [1.29, 1.82) is 0 Å². The molecule has 2 aliphatic rings. The molecule has 0 amide bonds. The van der Waals surface area contributed by atoms with Crippen LogP contribution in [0.5, 0.6) is 0 Å². The molecule has 0 aromatic rings. The SMILES string of the molecule is CC1(C)CCN(S(=O)(=O)C2CCCC2C(=O)O)CC1. The van der Waals surface area contributed by atoms with Crippen molar-refractivity contribution < 1.29 is 18.3 Å². The number of sulfonamides is 1. The molecule has 1 N–H and O–H groups in total. The van der Waals surface area contributed by atoms with Crippen molar-refractivity contribution in [3.8, 4) is 0 Å². The summed E-state index contributed by atoms with van der Waals surface area (Å²) in [5.74, 6) is -1.69. The first-order valence-corrected chi connectivity index (χ1v) is 8.46. The predicted octanol–water partition coefficient (Wildman–Crippen LogP) is 1.69. The molecule has 2 unspecified atom stereocenters. The Bertz CT molecular complexity index is 447. The summed E-state index contributed by atoms with van der Waals surface area (Å²) in [7, 11) is -3.45. The van der Waals surface area contributed by atoms with Gasteiger partial charge in [0.05, 0.1) is 11.2 Å². The monoisotopic (exact) mass is 289 g/mol. The van der Waals surface area contributed by atoms with Crippen LogP contribution in [-0.2, 0) is 14.8 Å². The van der Waals surface area contributed by atoms with Gasteiger partial charge in [-0.3, -0.25) is 4.79 Å². The van der Waals surface area contributed by atoms with Crippen LogP contribution >= 0.6 is 0 Å². The molecular formula is C13H23NO4S. The molecule has 0 bridgehead atoms. The van der Waals surface area contributed by atoms with Gasteiger partial charge in [0.25, 0.3) is 0 Å². The van der Waals surface area contributed by atoms with Gasteiger partial charge in [0.15, 0.2) is 0 Å². The van der Waals surface area contributed by atoms with E-state index < -0.39 is 27.2 Å². The van der Waals surface area contributed by atoms with Gasteiger partial charge in [0.2, 0.25) is 10.0 Å². The quantitative estimate of drug-likeness (QED) is 0.858. The molecule has 2 fully saturated rings. The normalized spacial score (nSPS) is 32.3. The highest BCUT2D eigenvalue weighted by Crippen LogP contribution is 2.36. The maximum absolute atomic E-state index is 12.6. The zero-order valence-electron chi connectivity index (χ0n) is 11.6. The van der Waals surface area contributed by atoms with Crippen LogP contribution in [0.1, 0.15) is 46.0 Å². The molecular weight excluding hydrogens is 266 g/mol. The standard InChI is InChI=1S/C13H23NO4S/c1-13(2)6-8-14(9-7-13)19(17,18)11-5-3-4-10(11)12(15)16/h10-11H,3-9H2,1-2H3,(H,15,16). The van der Waals surface area contributed by atoms with E-state index in [4.69, 9.17) is 5.11 Å². The number of hydrogen-bond acceptors (Lipinski definition) is 3. The highest BCUT2D eigenvalue weighted by atomic mass is 32.2. The van der Waals surface area contributed by atoms with E-state index in [-0.39, 0.29) is 5.41 Å². The summed E-state index contributed by atoms with van der Waals surface area (Å²) < 4.78 is 26.7. The summed E-state index contributed by atoms with van der Waals surface area (Å²) in [6.07, 6.45) is 3.35. The summed E-state index contributed by atoms with van der Waals surface area (Å²) >= 11 is 0. The number of carboxylic acids is 1. The van der Waals surface area contributed by atoms with Gasteiger partial charge < -0.3 is 5.11 Å². The van der Waals surface area contributed by atoms with Crippen LogP contribution in [0.2, 0.25) is 0 Å². The minimum Gasteiger partial charge on any atom is -0.481 e. The number of hydrogen-bond donors (Lipinski definition) is 1. The lowest BCUT2D eigenvalue weighted by Crippen LogP contribution is -2.47. The van der Waals surface area contributed by atoms with Crippen molar-refractivity contribution in [2.75, 3.05) is 13.1 Å². The molecule has 5 nitrogen and oxygen atoms in total. The molecule has 0 aromatic carbocycles. The van der Waals surface area contributed by atoms with Crippen molar-refractivity contribution in [1.82, 2.24) is 4.31 Å². The molecule has 2 atom stereocenters. The zero-order valence-corrected chi connectivity index (χ0v) is 12.4. The molecule has 1 aliphatic heterocycles. The van der Waals surface area contributed by atoms with Gasteiger partial charge >= 0.3 is 5.97 Å². The minimum atomic E-state index is -3.45. The maximum atomic E-state index is 12.6. The zero-order chi connectivity index (χ0) is 14.3. The van der Waals surface area contributed by atoms with E-state index in [1.54, 1.807) is 0 Å². The predicted molar refractivity (Wildman–Crippen MR) is 72.3 cm³/mol. The molecule has 1 heterocycles. The second-order valence-electron chi connectivity index (χ2n) is 6.52. The Hall–Kier alpha value is -0.620. The Morgan fingerprint density at radius 2 is 1.79 bits per heavy atom. The van der Waals surface area contributed by atoms with Crippen LogP contribution in [0, 0.1) is 11.3 Å². The van der Waals surface area contributed by atoms with E-state index in [0.29, 0.717) is 32.4 Å². The summed E-state index contributed by atoms with van der Waals surface area (Å²) in [6.45, 7) is 5.34. The van der Waals surface area contributed by atoms with Crippen LogP contribution in [0.4, 0.5) is 0 Å². The molecule has 19 heavy (non-hydrogen) atoms.